The van der Waals surface area contributed by atoms with Crippen LogP contribution in [0.3, 0.4) is 0 Å². The predicted octanol–water partition coefficient (Wildman–Crippen LogP) is 1.31. The van der Waals surface area contributed by atoms with Crippen molar-refractivity contribution < 1.29 is 9.90 Å². The van der Waals surface area contributed by atoms with E-state index in [2.05, 4.69) is 27.0 Å². The highest BCUT2D eigenvalue weighted by atomic mass is 16.3. The average Bonchev–Trinajstić information content (AvgIpc) is 3.09. The van der Waals surface area contributed by atoms with Gasteiger partial charge in [-0.2, -0.15) is 5.10 Å². The summed E-state index contributed by atoms with van der Waals surface area (Å²) < 4.78 is 0. The molecule has 1 saturated heterocycles. The summed E-state index contributed by atoms with van der Waals surface area (Å²) in [5.74, 6) is 1.45. The second kappa shape index (κ2) is 7.76. The Kier molecular flexibility index (Phi) is 5.45. The maximum Gasteiger partial charge on any atom is 0.253 e. The van der Waals surface area contributed by atoms with Crippen LogP contribution in [0, 0.1) is 6.92 Å². The molecule has 134 valence electrons. The molecule has 0 spiro atoms. The largest absolute Gasteiger partial charge is 0.395 e. The van der Waals surface area contributed by atoms with Gasteiger partial charge in [-0.3, -0.25) is 14.8 Å². The Hall–Kier alpha value is -2.25. The molecule has 7 nitrogen and oxygen atoms in total. The van der Waals surface area contributed by atoms with E-state index in [0.717, 1.165) is 30.9 Å². The molecule has 1 aromatic heterocycles. The lowest BCUT2D eigenvalue weighted by Gasteiger charge is -2.38. The molecule has 1 amide bonds. The molecule has 1 aliphatic rings. The summed E-state index contributed by atoms with van der Waals surface area (Å²) in [6.45, 7) is 7.10. The Bertz CT molecular complexity index is 701. The number of rotatable bonds is 5. The average molecular weight is 343 g/mol. The second-order valence-corrected chi connectivity index (χ2v) is 6.39. The summed E-state index contributed by atoms with van der Waals surface area (Å²) >= 11 is 0. The molecule has 1 fully saturated rings. The molecule has 7 heteroatoms. The number of aryl methyl sites for hydroxylation is 1. The van der Waals surface area contributed by atoms with E-state index in [9.17, 15) is 9.90 Å². The van der Waals surface area contributed by atoms with Crippen LogP contribution >= 0.6 is 0 Å². The molecule has 1 unspecified atom stereocenters. The van der Waals surface area contributed by atoms with Crippen LogP contribution in [0.2, 0.25) is 0 Å². The molecule has 2 heterocycles. The van der Waals surface area contributed by atoms with Crippen molar-refractivity contribution >= 4 is 5.91 Å². The van der Waals surface area contributed by atoms with Gasteiger partial charge in [0.15, 0.2) is 5.82 Å². The number of amides is 1. The van der Waals surface area contributed by atoms with Gasteiger partial charge >= 0.3 is 0 Å². The van der Waals surface area contributed by atoms with Crippen molar-refractivity contribution in [1.82, 2.24) is 25.0 Å². The zero-order chi connectivity index (χ0) is 17.8. The van der Waals surface area contributed by atoms with E-state index in [1.165, 1.54) is 0 Å². The third-order valence-corrected chi connectivity index (χ3v) is 4.79. The number of nitrogens with zero attached hydrogens (tertiary/aromatic N) is 4. The molecule has 0 bridgehead atoms. The van der Waals surface area contributed by atoms with Crippen LogP contribution in [0.5, 0.6) is 0 Å². The van der Waals surface area contributed by atoms with Crippen molar-refractivity contribution in [3.8, 4) is 11.4 Å². The number of aromatic nitrogens is 3. The zero-order valence-corrected chi connectivity index (χ0v) is 14.8. The van der Waals surface area contributed by atoms with Crippen molar-refractivity contribution in [2.45, 2.75) is 26.3 Å². The van der Waals surface area contributed by atoms with Crippen LogP contribution < -0.4 is 0 Å². The Morgan fingerprint density at radius 3 is 2.44 bits per heavy atom. The zero-order valence-electron chi connectivity index (χ0n) is 14.8. The third-order valence-electron chi connectivity index (χ3n) is 4.79. The molecule has 0 radical (unpaired) electrons. The normalized spacial score (nSPS) is 16.8. The van der Waals surface area contributed by atoms with Crippen molar-refractivity contribution in [2.75, 3.05) is 32.8 Å². The number of H-pyrrole nitrogens is 1. The fourth-order valence-corrected chi connectivity index (χ4v) is 3.21. The highest BCUT2D eigenvalue weighted by molar-refractivity contribution is 5.94. The first-order valence-electron chi connectivity index (χ1n) is 8.76. The van der Waals surface area contributed by atoms with Crippen molar-refractivity contribution in [3.05, 3.63) is 35.7 Å². The van der Waals surface area contributed by atoms with Crippen LogP contribution in [0.25, 0.3) is 11.4 Å². The van der Waals surface area contributed by atoms with Gasteiger partial charge in [-0.1, -0.05) is 19.1 Å². The van der Waals surface area contributed by atoms with E-state index in [0.29, 0.717) is 24.5 Å². The molecule has 2 aromatic rings. The summed E-state index contributed by atoms with van der Waals surface area (Å²) in [4.78, 5) is 21.1. The fraction of sp³-hybridized carbons (Fsp3) is 0.500. The number of carbonyl (C=O) groups is 1. The predicted molar refractivity (Wildman–Crippen MR) is 95.2 cm³/mol. The van der Waals surface area contributed by atoms with Crippen LogP contribution in [0.15, 0.2) is 24.3 Å². The van der Waals surface area contributed by atoms with Crippen LogP contribution in [-0.2, 0) is 0 Å². The third kappa shape index (κ3) is 3.88. The highest BCUT2D eigenvalue weighted by Gasteiger charge is 2.25. The number of aromatic amines is 1. The molecule has 3 rings (SSSR count). The van der Waals surface area contributed by atoms with E-state index in [1.54, 1.807) is 0 Å². The Labute approximate surface area is 147 Å². The fourth-order valence-electron chi connectivity index (χ4n) is 3.21. The number of piperazine rings is 1. The van der Waals surface area contributed by atoms with Crippen molar-refractivity contribution in [3.63, 3.8) is 0 Å². The van der Waals surface area contributed by atoms with Gasteiger partial charge in [0.05, 0.1) is 6.61 Å². The van der Waals surface area contributed by atoms with Gasteiger partial charge in [0.25, 0.3) is 5.91 Å². The first-order chi connectivity index (χ1) is 12.1. The van der Waals surface area contributed by atoms with Gasteiger partial charge in [0.1, 0.15) is 5.82 Å². The van der Waals surface area contributed by atoms with Crippen LogP contribution in [0.1, 0.15) is 29.5 Å². The maximum atomic E-state index is 12.7. The molecular formula is C18H25N5O2. The Balaban J connectivity index is 1.62. The number of carbonyl (C=O) groups excluding carboxylic acids is 1. The standard InChI is InChI=1S/C18H25N5O2/c1-3-16(12-24)22-8-10-23(11-9-22)18(25)15-6-4-14(5-7-15)17-19-13(2)20-21-17/h4-7,16,24H,3,8-12H2,1-2H3,(H,19,20,21). The van der Waals surface area contributed by atoms with E-state index in [-0.39, 0.29) is 18.6 Å². The summed E-state index contributed by atoms with van der Waals surface area (Å²) in [6.07, 6.45) is 0.923. The minimum atomic E-state index is 0.0504. The van der Waals surface area contributed by atoms with Gasteiger partial charge in [-0.15, -0.1) is 0 Å². The van der Waals surface area contributed by atoms with Crippen LogP contribution in [-0.4, -0.2) is 74.8 Å². The Morgan fingerprint density at radius 1 is 1.24 bits per heavy atom. The van der Waals surface area contributed by atoms with Gasteiger partial charge in [-0.05, 0) is 25.5 Å². The van der Waals surface area contributed by atoms with Crippen molar-refractivity contribution in [2.24, 2.45) is 0 Å². The van der Waals surface area contributed by atoms with E-state index >= 15 is 0 Å². The number of nitrogens with one attached hydrogen (secondary N) is 1. The number of aliphatic hydroxyl groups excluding tert-OH is 1. The summed E-state index contributed by atoms with van der Waals surface area (Å²) in [5.41, 5.74) is 1.57. The second-order valence-electron chi connectivity index (χ2n) is 6.39. The van der Waals surface area contributed by atoms with Gasteiger partial charge in [-0.25, -0.2) is 4.98 Å². The first kappa shape index (κ1) is 17.6. The molecule has 0 aliphatic carbocycles. The topological polar surface area (TPSA) is 85.4 Å². The molecule has 1 atom stereocenters. The highest BCUT2D eigenvalue weighted by Crippen LogP contribution is 2.17. The lowest BCUT2D eigenvalue weighted by atomic mass is 10.1. The molecule has 2 N–H and O–H groups in total. The molecule has 0 saturated carbocycles. The maximum absolute atomic E-state index is 12.7. The number of hydrogen-bond donors (Lipinski definition) is 2. The lowest BCUT2D eigenvalue weighted by Crippen LogP contribution is -2.52. The minimum Gasteiger partial charge on any atom is -0.395 e. The van der Waals surface area contributed by atoms with Gasteiger partial charge in [0, 0.05) is 43.3 Å². The molecule has 1 aliphatic heterocycles. The number of hydrogen-bond acceptors (Lipinski definition) is 5. The minimum absolute atomic E-state index is 0.0504. The smallest absolute Gasteiger partial charge is 0.253 e. The van der Waals surface area contributed by atoms with Gasteiger partial charge < -0.3 is 10.0 Å². The van der Waals surface area contributed by atoms with E-state index in [4.69, 9.17) is 0 Å². The molecule has 25 heavy (non-hydrogen) atoms. The van der Waals surface area contributed by atoms with E-state index in [1.807, 2.05) is 36.1 Å². The van der Waals surface area contributed by atoms with E-state index < -0.39 is 0 Å². The molecule has 1 aromatic carbocycles. The lowest BCUT2D eigenvalue weighted by molar-refractivity contribution is 0.0472. The molecular weight excluding hydrogens is 318 g/mol. The summed E-state index contributed by atoms with van der Waals surface area (Å²) in [7, 11) is 0. The quantitative estimate of drug-likeness (QED) is 0.855. The summed E-state index contributed by atoms with van der Waals surface area (Å²) in [5, 5.41) is 16.4. The SMILES string of the molecule is CCC(CO)N1CCN(C(=O)c2ccc(-c3n[nH]c(C)n3)cc2)CC1. The Morgan fingerprint density at radius 2 is 1.92 bits per heavy atom. The number of benzene rings is 1. The van der Waals surface area contributed by atoms with Crippen LogP contribution in [0.4, 0.5) is 0 Å². The monoisotopic (exact) mass is 343 g/mol. The van der Waals surface area contributed by atoms with Crippen molar-refractivity contribution in [1.29, 1.82) is 0 Å². The first-order valence-corrected chi connectivity index (χ1v) is 8.76. The summed E-state index contributed by atoms with van der Waals surface area (Å²) in [6, 6.07) is 7.62. The number of aliphatic hydroxyl groups is 1. The van der Waals surface area contributed by atoms with Gasteiger partial charge in [0.2, 0.25) is 0 Å².